The highest BCUT2D eigenvalue weighted by Gasteiger charge is 2.16. The molecule has 74 valence electrons. The second kappa shape index (κ2) is 5.95. The van der Waals surface area contributed by atoms with Crippen LogP contribution in [-0.2, 0) is 0 Å². The minimum atomic E-state index is 0.560. The molecule has 1 saturated heterocycles. The van der Waals surface area contributed by atoms with Gasteiger partial charge >= 0.3 is 0 Å². The van der Waals surface area contributed by atoms with E-state index in [1.54, 1.807) is 0 Å². The summed E-state index contributed by atoms with van der Waals surface area (Å²) in [5, 5.41) is 3.36. The second-order valence-corrected chi connectivity index (χ2v) is 3.40. The van der Waals surface area contributed by atoms with Crippen molar-refractivity contribution in [3.05, 3.63) is 24.8 Å². The van der Waals surface area contributed by atoms with Gasteiger partial charge in [-0.25, -0.2) is 0 Å². The number of rotatable bonds is 4. The molecule has 1 rings (SSSR count). The van der Waals surface area contributed by atoms with Crippen LogP contribution in [0.4, 0.5) is 0 Å². The molecule has 1 unspecified atom stereocenters. The summed E-state index contributed by atoms with van der Waals surface area (Å²) in [5.41, 5.74) is 0. The van der Waals surface area contributed by atoms with Crippen LogP contribution in [0.5, 0.6) is 0 Å². The fourth-order valence-corrected chi connectivity index (χ4v) is 1.76. The maximum atomic E-state index is 3.80. The molecule has 0 bridgehead atoms. The summed E-state index contributed by atoms with van der Waals surface area (Å²) >= 11 is 0. The maximum Gasteiger partial charge on any atom is 0.0313 e. The molecule has 0 aromatic heterocycles. The standard InChI is InChI=1S/C11H20N2/c1-3-5-11(6-4-2)13-9-7-12-8-10-13/h3-4,6,11-12H,1,5,7-10H2,2H3/b6-4+. The van der Waals surface area contributed by atoms with Gasteiger partial charge in [0.05, 0.1) is 0 Å². The first-order chi connectivity index (χ1) is 6.38. The van der Waals surface area contributed by atoms with Crippen LogP contribution in [0.15, 0.2) is 24.8 Å². The lowest BCUT2D eigenvalue weighted by atomic mass is 10.1. The Hall–Kier alpha value is -0.600. The first-order valence-electron chi connectivity index (χ1n) is 5.07. The van der Waals surface area contributed by atoms with Crippen LogP contribution >= 0.6 is 0 Å². The van der Waals surface area contributed by atoms with Gasteiger partial charge in [0.25, 0.3) is 0 Å². The molecule has 0 aromatic rings. The van der Waals surface area contributed by atoms with E-state index in [9.17, 15) is 0 Å². The molecular weight excluding hydrogens is 160 g/mol. The predicted molar refractivity (Wildman–Crippen MR) is 57.9 cm³/mol. The molecule has 1 N–H and O–H groups in total. The van der Waals surface area contributed by atoms with E-state index in [4.69, 9.17) is 0 Å². The number of allylic oxidation sites excluding steroid dienone is 1. The van der Waals surface area contributed by atoms with Gasteiger partial charge in [0.1, 0.15) is 0 Å². The Kier molecular flexibility index (Phi) is 4.79. The Morgan fingerprint density at radius 3 is 2.69 bits per heavy atom. The lowest BCUT2D eigenvalue weighted by Gasteiger charge is -2.32. The van der Waals surface area contributed by atoms with Crippen molar-refractivity contribution in [3.8, 4) is 0 Å². The summed E-state index contributed by atoms with van der Waals surface area (Å²) in [6.45, 7) is 10.4. The van der Waals surface area contributed by atoms with Crippen LogP contribution in [-0.4, -0.2) is 37.1 Å². The van der Waals surface area contributed by atoms with Gasteiger partial charge in [0.2, 0.25) is 0 Å². The minimum absolute atomic E-state index is 0.560. The molecule has 2 nitrogen and oxygen atoms in total. The molecule has 1 heterocycles. The number of hydrogen-bond donors (Lipinski definition) is 1. The van der Waals surface area contributed by atoms with E-state index in [-0.39, 0.29) is 0 Å². The Balaban J connectivity index is 2.45. The first-order valence-corrected chi connectivity index (χ1v) is 5.07. The number of hydrogen-bond acceptors (Lipinski definition) is 2. The Bertz CT molecular complexity index is 169. The second-order valence-electron chi connectivity index (χ2n) is 3.40. The zero-order valence-electron chi connectivity index (χ0n) is 8.50. The molecule has 1 fully saturated rings. The zero-order valence-corrected chi connectivity index (χ0v) is 8.50. The summed E-state index contributed by atoms with van der Waals surface area (Å²) in [7, 11) is 0. The van der Waals surface area contributed by atoms with Crippen molar-refractivity contribution < 1.29 is 0 Å². The summed E-state index contributed by atoms with van der Waals surface area (Å²) in [6, 6.07) is 0.560. The minimum Gasteiger partial charge on any atom is -0.314 e. The molecule has 0 saturated carbocycles. The zero-order chi connectivity index (χ0) is 9.52. The average Bonchev–Trinajstić information content (AvgIpc) is 2.19. The van der Waals surface area contributed by atoms with E-state index < -0.39 is 0 Å². The molecule has 1 atom stereocenters. The smallest absolute Gasteiger partial charge is 0.0313 e. The van der Waals surface area contributed by atoms with E-state index in [0.717, 1.165) is 32.6 Å². The van der Waals surface area contributed by atoms with Gasteiger partial charge in [-0.15, -0.1) is 6.58 Å². The van der Waals surface area contributed by atoms with Crippen LogP contribution in [0, 0.1) is 0 Å². The quantitative estimate of drug-likeness (QED) is 0.658. The fourth-order valence-electron chi connectivity index (χ4n) is 1.76. The van der Waals surface area contributed by atoms with Gasteiger partial charge in [-0.1, -0.05) is 18.2 Å². The lowest BCUT2D eigenvalue weighted by molar-refractivity contribution is 0.202. The number of nitrogens with one attached hydrogen (secondary N) is 1. The molecule has 1 aliphatic rings. The average molecular weight is 180 g/mol. The summed E-state index contributed by atoms with van der Waals surface area (Å²) in [5.74, 6) is 0. The van der Waals surface area contributed by atoms with Crippen molar-refractivity contribution >= 4 is 0 Å². The molecule has 0 radical (unpaired) electrons. The van der Waals surface area contributed by atoms with Crippen molar-refractivity contribution in [1.82, 2.24) is 10.2 Å². The molecule has 0 aromatic carbocycles. The van der Waals surface area contributed by atoms with Crippen molar-refractivity contribution in [2.24, 2.45) is 0 Å². The molecule has 0 aliphatic carbocycles. The maximum absolute atomic E-state index is 3.80. The normalized spacial score (nSPS) is 21.9. The molecular formula is C11H20N2. The van der Waals surface area contributed by atoms with Crippen LogP contribution in [0.2, 0.25) is 0 Å². The van der Waals surface area contributed by atoms with Crippen molar-refractivity contribution in [2.75, 3.05) is 26.2 Å². The molecule has 0 amide bonds. The van der Waals surface area contributed by atoms with Gasteiger partial charge in [0, 0.05) is 32.2 Å². The van der Waals surface area contributed by atoms with Gasteiger partial charge in [0.15, 0.2) is 0 Å². The van der Waals surface area contributed by atoms with Gasteiger partial charge in [-0.05, 0) is 13.3 Å². The summed E-state index contributed by atoms with van der Waals surface area (Å²) in [4.78, 5) is 2.51. The van der Waals surface area contributed by atoms with E-state index in [0.29, 0.717) is 6.04 Å². The lowest BCUT2D eigenvalue weighted by Crippen LogP contribution is -2.47. The summed E-state index contributed by atoms with van der Waals surface area (Å²) in [6.07, 6.45) is 7.47. The van der Waals surface area contributed by atoms with Gasteiger partial charge < -0.3 is 5.32 Å². The highest BCUT2D eigenvalue weighted by Crippen LogP contribution is 2.07. The van der Waals surface area contributed by atoms with Crippen LogP contribution in [0.25, 0.3) is 0 Å². The van der Waals surface area contributed by atoms with Gasteiger partial charge in [-0.3, -0.25) is 4.90 Å². The topological polar surface area (TPSA) is 15.3 Å². The van der Waals surface area contributed by atoms with Crippen LogP contribution in [0.3, 0.4) is 0 Å². The van der Waals surface area contributed by atoms with Crippen molar-refractivity contribution in [3.63, 3.8) is 0 Å². The largest absolute Gasteiger partial charge is 0.314 e. The fraction of sp³-hybridized carbons (Fsp3) is 0.636. The first kappa shape index (κ1) is 10.5. The SMILES string of the molecule is C=CCC(/C=C/C)N1CCNCC1. The number of piperazine rings is 1. The van der Waals surface area contributed by atoms with Crippen molar-refractivity contribution in [1.29, 1.82) is 0 Å². The Labute approximate surface area is 81.3 Å². The van der Waals surface area contributed by atoms with Crippen LogP contribution in [0.1, 0.15) is 13.3 Å². The van der Waals surface area contributed by atoms with Crippen molar-refractivity contribution in [2.45, 2.75) is 19.4 Å². The van der Waals surface area contributed by atoms with E-state index in [1.165, 1.54) is 0 Å². The third-order valence-corrected chi connectivity index (χ3v) is 2.44. The third-order valence-electron chi connectivity index (χ3n) is 2.44. The highest BCUT2D eigenvalue weighted by molar-refractivity contribution is 4.97. The van der Waals surface area contributed by atoms with Crippen LogP contribution < -0.4 is 5.32 Å². The molecule has 13 heavy (non-hydrogen) atoms. The number of nitrogens with zero attached hydrogens (tertiary/aromatic N) is 1. The molecule has 0 spiro atoms. The summed E-state index contributed by atoms with van der Waals surface area (Å²) < 4.78 is 0. The van der Waals surface area contributed by atoms with E-state index in [2.05, 4.69) is 35.9 Å². The van der Waals surface area contributed by atoms with E-state index in [1.807, 2.05) is 6.08 Å². The predicted octanol–water partition coefficient (Wildman–Crippen LogP) is 1.41. The van der Waals surface area contributed by atoms with Gasteiger partial charge in [-0.2, -0.15) is 0 Å². The monoisotopic (exact) mass is 180 g/mol. The Morgan fingerprint density at radius 1 is 1.46 bits per heavy atom. The van der Waals surface area contributed by atoms with E-state index >= 15 is 0 Å². The molecule has 1 aliphatic heterocycles. The Morgan fingerprint density at radius 2 is 2.15 bits per heavy atom. The molecule has 2 heteroatoms. The third kappa shape index (κ3) is 3.33. The highest BCUT2D eigenvalue weighted by atomic mass is 15.2.